The smallest absolute Gasteiger partial charge is 0.244 e. The molecule has 2 aromatic heterocycles. The predicted octanol–water partition coefficient (Wildman–Crippen LogP) is 3.23. The summed E-state index contributed by atoms with van der Waals surface area (Å²) in [6.45, 7) is 0.00862. The number of amides is 1. The number of anilines is 1. The van der Waals surface area contributed by atoms with E-state index in [9.17, 15) is 9.59 Å². The normalized spacial score (nSPS) is 10.5. The lowest BCUT2D eigenvalue weighted by atomic mass is 10.3. The molecule has 28 heavy (non-hydrogen) atoms. The minimum atomic E-state index is -0.254. The molecule has 0 unspecified atom stereocenters. The Kier molecular flexibility index (Phi) is 6.67. The van der Waals surface area contributed by atoms with Gasteiger partial charge in [0.05, 0.1) is 13.3 Å². The molecule has 1 aromatic carbocycles. The van der Waals surface area contributed by atoms with Gasteiger partial charge >= 0.3 is 0 Å². The highest BCUT2D eigenvalue weighted by Gasteiger charge is 2.12. The van der Waals surface area contributed by atoms with E-state index >= 15 is 0 Å². The predicted molar refractivity (Wildman–Crippen MR) is 109 cm³/mol. The molecule has 0 aliphatic rings. The molecule has 1 amide bonds. The van der Waals surface area contributed by atoms with Gasteiger partial charge in [0.25, 0.3) is 0 Å². The van der Waals surface area contributed by atoms with Crippen LogP contribution in [0.5, 0.6) is 5.75 Å². The number of carbonyl (C=O) groups is 1. The lowest BCUT2D eigenvalue weighted by molar-refractivity contribution is -0.116. The number of benzene rings is 1. The Balaban J connectivity index is 1.79. The molecule has 0 bridgehead atoms. The maximum absolute atomic E-state index is 12.5. The van der Waals surface area contributed by atoms with Crippen LogP contribution in [0.25, 0.3) is 0 Å². The van der Waals surface area contributed by atoms with Gasteiger partial charge in [-0.25, -0.2) is 9.97 Å². The van der Waals surface area contributed by atoms with Crippen molar-refractivity contribution in [2.24, 2.45) is 0 Å². The summed E-state index contributed by atoms with van der Waals surface area (Å²) >= 11 is 7.32. The third-order valence-corrected chi connectivity index (χ3v) is 4.86. The Bertz CT molecular complexity index is 1030. The average Bonchev–Trinajstić information content (AvgIpc) is 2.68. The fourth-order valence-corrected chi connectivity index (χ4v) is 3.43. The number of hydrogen-bond acceptors (Lipinski definition) is 6. The minimum Gasteiger partial charge on any atom is -0.491 e. The Morgan fingerprint density at radius 3 is 2.75 bits per heavy atom. The van der Waals surface area contributed by atoms with E-state index < -0.39 is 0 Å². The van der Waals surface area contributed by atoms with Gasteiger partial charge in [0.1, 0.15) is 6.54 Å². The second-order valence-corrected chi connectivity index (χ2v) is 7.08. The monoisotopic (exact) mass is 416 g/mol. The summed E-state index contributed by atoms with van der Waals surface area (Å²) in [6.07, 6.45) is 4.82. The van der Waals surface area contributed by atoms with Gasteiger partial charge < -0.3 is 14.6 Å². The molecule has 144 valence electrons. The number of methoxy groups -OCH3 is 1. The molecule has 0 aliphatic heterocycles. The van der Waals surface area contributed by atoms with Crippen molar-refractivity contribution in [3.05, 3.63) is 75.9 Å². The molecule has 0 saturated heterocycles. The first kappa shape index (κ1) is 19.9. The highest BCUT2D eigenvalue weighted by atomic mass is 35.5. The molecule has 7 nitrogen and oxygen atoms in total. The van der Waals surface area contributed by atoms with E-state index in [4.69, 9.17) is 16.3 Å². The zero-order valence-corrected chi connectivity index (χ0v) is 16.5. The quantitative estimate of drug-likeness (QED) is 0.470. The molecule has 0 aliphatic carbocycles. The maximum Gasteiger partial charge on any atom is 0.244 e. The zero-order chi connectivity index (χ0) is 19.9. The average molecular weight is 417 g/mol. The summed E-state index contributed by atoms with van der Waals surface area (Å²) in [5.41, 5.74) is 1.00. The molecule has 3 rings (SSSR count). The van der Waals surface area contributed by atoms with Crippen LogP contribution in [0.15, 0.2) is 64.9 Å². The topological polar surface area (TPSA) is 86.1 Å². The van der Waals surface area contributed by atoms with E-state index in [1.54, 1.807) is 47.3 Å². The molecule has 0 radical (unpaired) electrons. The van der Waals surface area contributed by atoms with Crippen molar-refractivity contribution in [1.82, 2.24) is 14.5 Å². The fraction of sp³-hybridized carbons (Fsp3) is 0.158. The van der Waals surface area contributed by atoms with Crippen molar-refractivity contribution in [3.63, 3.8) is 0 Å². The van der Waals surface area contributed by atoms with Gasteiger partial charge in [-0.05, 0) is 24.3 Å². The number of pyridine rings is 1. The van der Waals surface area contributed by atoms with Crippen LogP contribution in [0.1, 0.15) is 5.69 Å². The van der Waals surface area contributed by atoms with Crippen LogP contribution >= 0.6 is 23.4 Å². The lowest BCUT2D eigenvalue weighted by Crippen LogP contribution is -2.22. The first-order chi connectivity index (χ1) is 13.5. The van der Waals surface area contributed by atoms with E-state index in [0.29, 0.717) is 27.3 Å². The number of carbonyl (C=O) groups excluding carboxylic acids is 1. The molecular weight excluding hydrogens is 400 g/mol. The van der Waals surface area contributed by atoms with Crippen molar-refractivity contribution in [3.8, 4) is 5.75 Å². The first-order valence-corrected chi connectivity index (χ1v) is 9.64. The lowest BCUT2D eigenvalue weighted by Gasteiger charge is -2.14. The van der Waals surface area contributed by atoms with Gasteiger partial charge in [-0.15, -0.1) is 0 Å². The highest BCUT2D eigenvalue weighted by molar-refractivity contribution is 7.98. The van der Waals surface area contributed by atoms with Crippen LogP contribution in [-0.4, -0.2) is 27.6 Å². The third-order valence-electron chi connectivity index (χ3n) is 3.72. The standard InChI is InChI=1S/C19H17ClN4O3S/c1-27-17-10-24(11-18(26)23-14-5-2-4-13(20)8-14)15(9-16(17)25)12-28-19-21-6-3-7-22-19/h2-10H,11-12H2,1H3,(H,23,26). The molecule has 2 heterocycles. The highest BCUT2D eigenvalue weighted by Crippen LogP contribution is 2.20. The number of nitrogens with one attached hydrogen (secondary N) is 1. The summed E-state index contributed by atoms with van der Waals surface area (Å²) in [4.78, 5) is 32.9. The van der Waals surface area contributed by atoms with Crippen molar-refractivity contribution in [2.45, 2.75) is 17.5 Å². The van der Waals surface area contributed by atoms with Gasteiger partial charge in [-0.2, -0.15) is 0 Å². The van der Waals surface area contributed by atoms with Gasteiger partial charge in [-0.3, -0.25) is 9.59 Å². The molecule has 9 heteroatoms. The van der Waals surface area contributed by atoms with Crippen LogP contribution in [0, 0.1) is 0 Å². The number of aromatic nitrogens is 3. The van der Waals surface area contributed by atoms with Gasteiger partial charge in [-0.1, -0.05) is 29.4 Å². The number of thioether (sulfide) groups is 1. The van der Waals surface area contributed by atoms with E-state index in [1.807, 2.05) is 0 Å². The van der Waals surface area contributed by atoms with Crippen LogP contribution < -0.4 is 15.5 Å². The number of halogens is 1. The summed E-state index contributed by atoms with van der Waals surface area (Å²) in [7, 11) is 1.42. The van der Waals surface area contributed by atoms with Crippen LogP contribution in [0.4, 0.5) is 5.69 Å². The van der Waals surface area contributed by atoms with Crippen LogP contribution in [0.2, 0.25) is 5.02 Å². The van der Waals surface area contributed by atoms with Crippen molar-refractivity contribution >= 4 is 35.0 Å². The van der Waals surface area contributed by atoms with E-state index in [1.165, 1.54) is 31.1 Å². The maximum atomic E-state index is 12.5. The first-order valence-electron chi connectivity index (χ1n) is 8.28. The molecule has 0 saturated carbocycles. The van der Waals surface area contributed by atoms with Crippen molar-refractivity contribution in [2.75, 3.05) is 12.4 Å². The zero-order valence-electron chi connectivity index (χ0n) is 15.0. The van der Waals surface area contributed by atoms with E-state index in [-0.39, 0.29) is 23.6 Å². The molecule has 0 fully saturated rings. The number of nitrogens with zero attached hydrogens (tertiary/aromatic N) is 3. The van der Waals surface area contributed by atoms with Gasteiger partial charge in [0.2, 0.25) is 11.3 Å². The SMILES string of the molecule is COc1cn(CC(=O)Nc2cccc(Cl)c2)c(CSc2ncccn2)cc1=O. The summed E-state index contributed by atoms with van der Waals surface area (Å²) in [5, 5.41) is 3.90. The Morgan fingerprint density at radius 1 is 1.25 bits per heavy atom. The van der Waals surface area contributed by atoms with Gasteiger partial charge in [0.15, 0.2) is 10.9 Å². The van der Waals surface area contributed by atoms with E-state index in [0.717, 1.165) is 0 Å². The van der Waals surface area contributed by atoms with E-state index in [2.05, 4.69) is 15.3 Å². The van der Waals surface area contributed by atoms with Gasteiger partial charge in [0, 0.05) is 40.6 Å². The summed E-state index contributed by atoms with van der Waals surface area (Å²) in [6, 6.07) is 10.1. The summed E-state index contributed by atoms with van der Waals surface area (Å²) in [5.74, 6) is 0.337. The van der Waals surface area contributed by atoms with Crippen molar-refractivity contribution < 1.29 is 9.53 Å². The minimum absolute atomic E-state index is 0.00862. The molecule has 0 spiro atoms. The third kappa shape index (κ3) is 5.34. The molecule has 3 aromatic rings. The number of hydrogen-bond donors (Lipinski definition) is 1. The number of rotatable bonds is 7. The fourth-order valence-electron chi connectivity index (χ4n) is 2.44. The second kappa shape index (κ2) is 9.38. The van der Waals surface area contributed by atoms with Crippen molar-refractivity contribution in [1.29, 1.82) is 0 Å². The number of ether oxygens (including phenoxy) is 1. The molecule has 0 atom stereocenters. The Morgan fingerprint density at radius 2 is 2.04 bits per heavy atom. The molecule has 1 N–H and O–H groups in total. The summed E-state index contributed by atoms with van der Waals surface area (Å²) < 4.78 is 6.78. The molecular formula is C19H17ClN4O3S. The second-order valence-electron chi connectivity index (χ2n) is 5.70. The van der Waals surface area contributed by atoms with Crippen LogP contribution in [0.3, 0.4) is 0 Å². The Labute approximate surface area is 170 Å². The largest absolute Gasteiger partial charge is 0.491 e. The Hall–Kier alpha value is -2.84. The van der Waals surface area contributed by atoms with Crippen LogP contribution in [-0.2, 0) is 17.1 Å².